The summed E-state index contributed by atoms with van der Waals surface area (Å²) in [5, 5.41) is 11.4. The van der Waals surface area contributed by atoms with Gasteiger partial charge in [0.15, 0.2) is 5.65 Å². The van der Waals surface area contributed by atoms with Gasteiger partial charge in [-0.25, -0.2) is 9.48 Å². The quantitative estimate of drug-likeness (QED) is 0.520. The summed E-state index contributed by atoms with van der Waals surface area (Å²) in [4.78, 5) is 25.1. The van der Waals surface area contributed by atoms with Gasteiger partial charge in [-0.1, -0.05) is 12.1 Å². The average Bonchev–Trinajstić information content (AvgIpc) is 3.06. The molecular weight excluding hydrogens is 394 g/mol. The number of ether oxygens (including phenoxy) is 1. The van der Waals surface area contributed by atoms with Gasteiger partial charge >= 0.3 is 5.69 Å². The van der Waals surface area contributed by atoms with Crippen LogP contribution >= 0.6 is 0 Å². The fourth-order valence-corrected chi connectivity index (χ4v) is 3.20. The Hall–Kier alpha value is -3.94. The monoisotopic (exact) mass is 417 g/mol. The van der Waals surface area contributed by atoms with E-state index in [9.17, 15) is 9.59 Å². The lowest BCUT2D eigenvalue weighted by atomic mass is 10.0. The number of fused-ring (bicyclic) bond motifs is 1. The number of aromatic nitrogens is 4. The Morgan fingerprint density at radius 1 is 1.00 bits per heavy atom. The molecular formula is C23H23N5O3. The van der Waals surface area contributed by atoms with Crippen LogP contribution in [0.1, 0.15) is 18.1 Å². The van der Waals surface area contributed by atoms with Gasteiger partial charge in [-0.3, -0.25) is 4.79 Å². The minimum Gasteiger partial charge on any atom is -0.494 e. The Kier molecular flexibility index (Phi) is 5.53. The van der Waals surface area contributed by atoms with E-state index in [1.54, 1.807) is 30.3 Å². The van der Waals surface area contributed by atoms with E-state index in [2.05, 4.69) is 15.5 Å². The number of benzene rings is 2. The van der Waals surface area contributed by atoms with E-state index >= 15 is 0 Å². The highest BCUT2D eigenvalue weighted by atomic mass is 16.5. The molecule has 8 nitrogen and oxygen atoms in total. The number of nitrogens with zero attached hydrogens (tertiary/aromatic N) is 4. The van der Waals surface area contributed by atoms with Crippen molar-refractivity contribution < 1.29 is 9.53 Å². The van der Waals surface area contributed by atoms with Crippen molar-refractivity contribution in [3.05, 3.63) is 76.2 Å². The van der Waals surface area contributed by atoms with Gasteiger partial charge in [-0.05, 0) is 74.4 Å². The highest BCUT2D eigenvalue weighted by molar-refractivity contribution is 5.90. The number of rotatable bonds is 6. The molecule has 0 radical (unpaired) electrons. The summed E-state index contributed by atoms with van der Waals surface area (Å²) >= 11 is 0. The van der Waals surface area contributed by atoms with E-state index in [4.69, 9.17) is 4.74 Å². The van der Waals surface area contributed by atoms with E-state index in [1.165, 1.54) is 10.1 Å². The zero-order valence-corrected chi connectivity index (χ0v) is 17.6. The molecule has 0 fully saturated rings. The van der Waals surface area contributed by atoms with Gasteiger partial charge in [-0.15, -0.1) is 5.10 Å². The summed E-state index contributed by atoms with van der Waals surface area (Å²) in [5.74, 6) is 0.367. The number of aryl methyl sites for hydroxylation is 2. The molecule has 31 heavy (non-hydrogen) atoms. The topological polar surface area (TPSA) is 90.5 Å². The van der Waals surface area contributed by atoms with Crippen LogP contribution in [0.3, 0.4) is 0 Å². The third-order valence-electron chi connectivity index (χ3n) is 4.99. The number of anilines is 1. The Morgan fingerprint density at radius 3 is 2.48 bits per heavy atom. The number of hydrogen-bond acceptors (Lipinski definition) is 5. The number of carbonyl (C=O) groups is 1. The minimum atomic E-state index is -0.470. The lowest BCUT2D eigenvalue weighted by molar-refractivity contribution is -0.117. The normalized spacial score (nSPS) is 10.9. The third-order valence-corrected chi connectivity index (χ3v) is 4.99. The van der Waals surface area contributed by atoms with Gasteiger partial charge in [0.05, 0.1) is 12.3 Å². The van der Waals surface area contributed by atoms with Gasteiger partial charge in [0.25, 0.3) is 0 Å². The molecule has 0 aliphatic carbocycles. The fraction of sp³-hybridized carbons (Fsp3) is 0.217. The van der Waals surface area contributed by atoms with Crippen LogP contribution in [0.2, 0.25) is 0 Å². The average molecular weight is 417 g/mol. The van der Waals surface area contributed by atoms with Gasteiger partial charge in [0.2, 0.25) is 5.91 Å². The maximum Gasteiger partial charge on any atom is 0.367 e. The molecule has 0 spiro atoms. The predicted molar refractivity (Wildman–Crippen MR) is 118 cm³/mol. The van der Waals surface area contributed by atoms with Gasteiger partial charge in [0, 0.05) is 11.3 Å². The summed E-state index contributed by atoms with van der Waals surface area (Å²) in [5.41, 5.74) is 4.44. The Balaban J connectivity index is 1.54. The smallest absolute Gasteiger partial charge is 0.367 e. The van der Waals surface area contributed by atoms with Crippen LogP contribution in [0.15, 0.2) is 59.4 Å². The van der Waals surface area contributed by atoms with E-state index < -0.39 is 5.69 Å². The number of amides is 1. The summed E-state index contributed by atoms with van der Waals surface area (Å²) in [6.45, 7) is 6.34. The van der Waals surface area contributed by atoms with Crippen molar-refractivity contribution >= 4 is 17.2 Å². The molecule has 0 aliphatic rings. The van der Waals surface area contributed by atoms with Gasteiger partial charge < -0.3 is 10.1 Å². The number of hydrogen-bond donors (Lipinski definition) is 1. The van der Waals surface area contributed by atoms with Crippen LogP contribution in [-0.2, 0) is 11.3 Å². The van der Waals surface area contributed by atoms with Crippen molar-refractivity contribution in [1.82, 2.24) is 19.4 Å². The SMILES string of the molecule is CCOc1ccc(NC(=O)Cn2nc3ccc(-c4ccc(C)c(C)c4)nn3c2=O)cc1. The van der Waals surface area contributed by atoms with Crippen LogP contribution in [0.4, 0.5) is 5.69 Å². The predicted octanol–water partition coefficient (Wildman–Crippen LogP) is 3.21. The molecule has 2 aromatic heterocycles. The fourth-order valence-electron chi connectivity index (χ4n) is 3.20. The van der Waals surface area contributed by atoms with Crippen LogP contribution in [0.25, 0.3) is 16.9 Å². The second-order valence-electron chi connectivity index (χ2n) is 7.23. The molecule has 0 aliphatic heterocycles. The first-order valence-corrected chi connectivity index (χ1v) is 10.0. The van der Waals surface area contributed by atoms with Crippen molar-refractivity contribution in [2.45, 2.75) is 27.3 Å². The summed E-state index contributed by atoms with van der Waals surface area (Å²) in [6, 6.07) is 16.6. The molecule has 0 atom stereocenters. The third kappa shape index (κ3) is 4.32. The van der Waals surface area contributed by atoms with E-state index in [-0.39, 0.29) is 12.5 Å². The van der Waals surface area contributed by atoms with Crippen LogP contribution in [-0.4, -0.2) is 31.9 Å². The van der Waals surface area contributed by atoms with Crippen molar-refractivity contribution in [3.63, 3.8) is 0 Å². The first-order chi connectivity index (χ1) is 14.9. The highest BCUT2D eigenvalue weighted by Crippen LogP contribution is 2.20. The molecule has 4 rings (SSSR count). The number of nitrogens with one attached hydrogen (secondary N) is 1. The zero-order chi connectivity index (χ0) is 22.0. The maximum absolute atomic E-state index is 12.7. The highest BCUT2D eigenvalue weighted by Gasteiger charge is 2.13. The standard InChI is InChI=1S/C23H23N5O3/c1-4-31-19-9-7-18(8-10-19)24-22(29)14-27-23(30)28-21(26-27)12-11-20(25-28)17-6-5-15(2)16(3)13-17/h5-13H,4,14H2,1-3H3,(H,24,29). The second kappa shape index (κ2) is 8.43. The van der Waals surface area contributed by atoms with Gasteiger partial charge in [0.1, 0.15) is 12.3 Å². The van der Waals surface area contributed by atoms with Crippen molar-refractivity contribution in [3.8, 4) is 17.0 Å². The van der Waals surface area contributed by atoms with Crippen molar-refractivity contribution in [1.29, 1.82) is 0 Å². The van der Waals surface area contributed by atoms with Crippen LogP contribution in [0, 0.1) is 13.8 Å². The molecule has 2 heterocycles. The minimum absolute atomic E-state index is 0.214. The summed E-state index contributed by atoms with van der Waals surface area (Å²) in [7, 11) is 0. The second-order valence-corrected chi connectivity index (χ2v) is 7.23. The van der Waals surface area contributed by atoms with Crippen molar-refractivity contribution in [2.24, 2.45) is 0 Å². The molecule has 0 saturated carbocycles. The molecule has 2 aromatic carbocycles. The van der Waals surface area contributed by atoms with E-state index in [1.807, 2.05) is 45.0 Å². The molecule has 4 aromatic rings. The molecule has 1 amide bonds. The molecule has 158 valence electrons. The Morgan fingerprint density at radius 2 is 1.77 bits per heavy atom. The van der Waals surface area contributed by atoms with E-state index in [0.29, 0.717) is 23.6 Å². The van der Waals surface area contributed by atoms with E-state index in [0.717, 1.165) is 21.6 Å². The summed E-state index contributed by atoms with van der Waals surface area (Å²) in [6.07, 6.45) is 0. The molecule has 0 unspecified atom stereocenters. The lowest BCUT2D eigenvalue weighted by Gasteiger charge is -2.06. The maximum atomic E-state index is 12.7. The number of carbonyl (C=O) groups excluding carboxylic acids is 1. The van der Waals surface area contributed by atoms with Crippen LogP contribution < -0.4 is 15.7 Å². The summed E-state index contributed by atoms with van der Waals surface area (Å²) < 4.78 is 7.71. The first kappa shape index (κ1) is 20.3. The largest absolute Gasteiger partial charge is 0.494 e. The zero-order valence-electron chi connectivity index (χ0n) is 17.6. The molecule has 1 N–H and O–H groups in total. The Labute approximate surface area is 179 Å². The Bertz CT molecular complexity index is 1310. The lowest BCUT2D eigenvalue weighted by Crippen LogP contribution is -2.28. The van der Waals surface area contributed by atoms with Crippen molar-refractivity contribution in [2.75, 3.05) is 11.9 Å². The molecule has 0 bridgehead atoms. The molecule has 0 saturated heterocycles. The molecule has 8 heteroatoms. The first-order valence-electron chi connectivity index (χ1n) is 10.0. The van der Waals surface area contributed by atoms with Gasteiger partial charge in [-0.2, -0.15) is 9.61 Å². The van der Waals surface area contributed by atoms with Crippen LogP contribution in [0.5, 0.6) is 5.75 Å².